The van der Waals surface area contributed by atoms with Crippen molar-refractivity contribution in [2.24, 2.45) is 5.41 Å². The van der Waals surface area contributed by atoms with E-state index in [0.29, 0.717) is 35.3 Å². The number of aliphatic carboxylic acids is 1. The maximum absolute atomic E-state index is 13.7. The zero-order chi connectivity index (χ0) is 17.6. The number of carboxylic acids is 1. The summed E-state index contributed by atoms with van der Waals surface area (Å²) in [6, 6.07) is 6.15. The molecule has 1 aromatic carbocycles. The number of hydrogen-bond donors (Lipinski definition) is 1. The molecule has 0 spiro atoms. The quantitative estimate of drug-likeness (QED) is 0.934. The van der Waals surface area contributed by atoms with E-state index in [1.807, 2.05) is 18.4 Å². The van der Waals surface area contributed by atoms with E-state index in [2.05, 4.69) is 0 Å². The lowest BCUT2D eigenvalue weighted by molar-refractivity contribution is -0.136. The van der Waals surface area contributed by atoms with Crippen LogP contribution in [0.15, 0.2) is 24.3 Å². The molecule has 126 valence electrons. The van der Waals surface area contributed by atoms with Crippen LogP contribution in [0.25, 0.3) is 5.69 Å². The summed E-state index contributed by atoms with van der Waals surface area (Å²) in [5.41, 5.74) is 2.95. The normalized spacial score (nSPS) is 16.1. The third-order valence-electron chi connectivity index (χ3n) is 4.59. The van der Waals surface area contributed by atoms with Crippen molar-refractivity contribution in [3.8, 4) is 5.69 Å². The molecule has 1 N–H and O–H groups in total. The van der Waals surface area contributed by atoms with E-state index in [0.717, 1.165) is 5.69 Å². The molecule has 0 atom stereocenters. The number of Topliss-reactive ketones (excluding diaryl/α,β-unsaturated/α-hetero) is 1. The number of benzene rings is 1. The summed E-state index contributed by atoms with van der Waals surface area (Å²) in [5.74, 6) is -1.37. The van der Waals surface area contributed by atoms with Crippen LogP contribution < -0.4 is 0 Å². The summed E-state index contributed by atoms with van der Waals surface area (Å²) < 4.78 is 15.5. The van der Waals surface area contributed by atoms with Crippen molar-refractivity contribution >= 4 is 11.8 Å². The van der Waals surface area contributed by atoms with Crippen LogP contribution >= 0.6 is 0 Å². The minimum atomic E-state index is -0.977. The fourth-order valence-electron chi connectivity index (χ4n) is 3.67. The Hall–Kier alpha value is -2.43. The Morgan fingerprint density at radius 1 is 1.33 bits per heavy atom. The molecule has 3 rings (SSSR count). The summed E-state index contributed by atoms with van der Waals surface area (Å²) in [5, 5.41) is 9.23. The van der Waals surface area contributed by atoms with Crippen molar-refractivity contribution in [3.63, 3.8) is 0 Å². The van der Waals surface area contributed by atoms with Crippen LogP contribution in [0.5, 0.6) is 0 Å². The number of halogens is 1. The van der Waals surface area contributed by atoms with Crippen molar-refractivity contribution in [2.45, 2.75) is 40.0 Å². The molecule has 0 saturated carbocycles. The second-order valence-electron chi connectivity index (χ2n) is 7.21. The Bertz CT molecular complexity index is 849. The molecule has 1 aliphatic carbocycles. The molecule has 0 fully saturated rings. The van der Waals surface area contributed by atoms with Gasteiger partial charge in [0.2, 0.25) is 0 Å². The van der Waals surface area contributed by atoms with Gasteiger partial charge in [0.15, 0.2) is 5.78 Å². The Balaban J connectivity index is 2.30. The standard InChI is InChI=1S/C19H20FNO3/c1-11-14(8-17(23)24)18-15(9-19(2,3)10-16(18)22)21(11)13-6-4-5-12(20)7-13/h4-7H,8-10H2,1-3H3,(H,23,24). The monoisotopic (exact) mass is 329 g/mol. The van der Waals surface area contributed by atoms with Crippen molar-refractivity contribution < 1.29 is 19.1 Å². The second-order valence-corrected chi connectivity index (χ2v) is 7.21. The lowest BCUT2D eigenvalue weighted by atomic mass is 9.75. The molecule has 1 aliphatic rings. The number of aromatic nitrogens is 1. The Labute approximate surface area is 139 Å². The van der Waals surface area contributed by atoms with E-state index in [1.54, 1.807) is 19.1 Å². The summed E-state index contributed by atoms with van der Waals surface area (Å²) in [6.45, 7) is 5.83. The first-order chi connectivity index (χ1) is 11.2. The average molecular weight is 329 g/mol. The lowest BCUT2D eigenvalue weighted by Crippen LogP contribution is -2.28. The highest BCUT2D eigenvalue weighted by Crippen LogP contribution is 2.40. The predicted molar refractivity (Wildman–Crippen MR) is 88.2 cm³/mol. The maximum atomic E-state index is 13.7. The van der Waals surface area contributed by atoms with Crippen LogP contribution in [0.4, 0.5) is 4.39 Å². The van der Waals surface area contributed by atoms with Gasteiger partial charge in [-0.2, -0.15) is 0 Å². The van der Waals surface area contributed by atoms with Gasteiger partial charge in [-0.3, -0.25) is 9.59 Å². The van der Waals surface area contributed by atoms with E-state index >= 15 is 0 Å². The number of ketones is 1. The van der Waals surface area contributed by atoms with Crippen molar-refractivity contribution in [3.05, 3.63) is 52.6 Å². The van der Waals surface area contributed by atoms with E-state index in [1.165, 1.54) is 12.1 Å². The minimum absolute atomic E-state index is 0.0317. The molecule has 24 heavy (non-hydrogen) atoms. The predicted octanol–water partition coefficient (Wildman–Crippen LogP) is 3.71. The van der Waals surface area contributed by atoms with Gasteiger partial charge in [0, 0.05) is 29.1 Å². The fourth-order valence-corrected chi connectivity index (χ4v) is 3.67. The SMILES string of the molecule is Cc1c(CC(=O)O)c2c(n1-c1cccc(F)c1)CC(C)(C)CC2=O. The minimum Gasteiger partial charge on any atom is -0.481 e. The molecule has 5 heteroatoms. The Kier molecular flexibility index (Phi) is 3.82. The third-order valence-corrected chi connectivity index (χ3v) is 4.59. The summed E-state index contributed by atoms with van der Waals surface area (Å²) >= 11 is 0. The highest BCUT2D eigenvalue weighted by atomic mass is 19.1. The molecule has 1 heterocycles. The Morgan fingerprint density at radius 3 is 2.67 bits per heavy atom. The lowest BCUT2D eigenvalue weighted by Gasteiger charge is -2.30. The smallest absolute Gasteiger partial charge is 0.307 e. The van der Waals surface area contributed by atoms with E-state index in [-0.39, 0.29) is 23.4 Å². The van der Waals surface area contributed by atoms with Gasteiger partial charge in [-0.15, -0.1) is 0 Å². The first kappa shape index (κ1) is 16.4. The topological polar surface area (TPSA) is 59.3 Å². The van der Waals surface area contributed by atoms with Gasteiger partial charge in [-0.05, 0) is 42.5 Å². The van der Waals surface area contributed by atoms with Crippen LogP contribution in [0.2, 0.25) is 0 Å². The highest BCUT2D eigenvalue weighted by molar-refractivity contribution is 6.01. The summed E-state index contributed by atoms with van der Waals surface area (Å²) in [4.78, 5) is 23.9. The number of rotatable bonds is 3. The Morgan fingerprint density at radius 2 is 2.04 bits per heavy atom. The maximum Gasteiger partial charge on any atom is 0.307 e. The van der Waals surface area contributed by atoms with Gasteiger partial charge in [0.25, 0.3) is 0 Å². The van der Waals surface area contributed by atoms with Crippen molar-refractivity contribution in [1.82, 2.24) is 4.57 Å². The highest BCUT2D eigenvalue weighted by Gasteiger charge is 2.37. The van der Waals surface area contributed by atoms with Crippen LogP contribution in [0, 0.1) is 18.2 Å². The number of fused-ring (bicyclic) bond motifs is 1. The molecule has 0 amide bonds. The number of carboxylic acid groups (broad SMARTS) is 1. The third kappa shape index (κ3) is 2.75. The molecule has 0 bridgehead atoms. The first-order valence-electron chi connectivity index (χ1n) is 7.93. The van der Waals surface area contributed by atoms with Gasteiger partial charge in [-0.1, -0.05) is 19.9 Å². The van der Waals surface area contributed by atoms with Gasteiger partial charge in [0.1, 0.15) is 5.82 Å². The zero-order valence-electron chi connectivity index (χ0n) is 14.0. The largest absolute Gasteiger partial charge is 0.481 e. The van der Waals surface area contributed by atoms with E-state index < -0.39 is 5.97 Å². The molecule has 1 aromatic heterocycles. The van der Waals surface area contributed by atoms with Crippen LogP contribution in [-0.2, 0) is 17.6 Å². The van der Waals surface area contributed by atoms with Crippen molar-refractivity contribution in [1.29, 1.82) is 0 Å². The van der Waals surface area contributed by atoms with Crippen LogP contribution in [-0.4, -0.2) is 21.4 Å². The summed E-state index contributed by atoms with van der Waals surface area (Å²) in [7, 11) is 0. The van der Waals surface area contributed by atoms with Gasteiger partial charge in [-0.25, -0.2) is 4.39 Å². The number of carbonyl (C=O) groups is 2. The fraction of sp³-hybridized carbons (Fsp3) is 0.368. The number of nitrogens with zero attached hydrogens (tertiary/aromatic N) is 1. The molecule has 2 aromatic rings. The van der Waals surface area contributed by atoms with Crippen molar-refractivity contribution in [2.75, 3.05) is 0 Å². The first-order valence-corrected chi connectivity index (χ1v) is 7.93. The van der Waals surface area contributed by atoms with Gasteiger partial charge >= 0.3 is 5.97 Å². The molecule has 4 nitrogen and oxygen atoms in total. The van der Waals surface area contributed by atoms with E-state index in [9.17, 15) is 19.1 Å². The summed E-state index contributed by atoms with van der Waals surface area (Å²) in [6.07, 6.45) is 0.826. The van der Waals surface area contributed by atoms with Gasteiger partial charge in [0.05, 0.1) is 6.42 Å². The molecule has 0 aliphatic heterocycles. The number of carbonyl (C=O) groups excluding carboxylic acids is 1. The average Bonchev–Trinajstić information content (AvgIpc) is 2.69. The second kappa shape index (κ2) is 5.58. The van der Waals surface area contributed by atoms with Crippen LogP contribution in [0.3, 0.4) is 0 Å². The van der Waals surface area contributed by atoms with Crippen LogP contribution in [0.1, 0.15) is 47.6 Å². The molecular formula is C19H20FNO3. The zero-order valence-corrected chi connectivity index (χ0v) is 14.0. The van der Waals surface area contributed by atoms with Gasteiger partial charge < -0.3 is 9.67 Å². The molecule has 0 saturated heterocycles. The van der Waals surface area contributed by atoms with E-state index in [4.69, 9.17) is 0 Å². The molecular weight excluding hydrogens is 309 g/mol. The molecule has 0 radical (unpaired) electrons. The number of hydrogen-bond acceptors (Lipinski definition) is 2. The molecule has 0 unspecified atom stereocenters.